The van der Waals surface area contributed by atoms with Gasteiger partial charge < -0.3 is 0 Å². The van der Waals surface area contributed by atoms with Crippen molar-refractivity contribution in [3.8, 4) is 11.8 Å². The number of nitro groups is 1. The second-order valence-corrected chi connectivity index (χ2v) is 3.68. The fraction of sp³-hybridized carbons (Fsp3) is 0. The van der Waals surface area contributed by atoms with Crippen molar-refractivity contribution in [3.63, 3.8) is 0 Å². The van der Waals surface area contributed by atoms with Crippen molar-refractivity contribution in [1.82, 2.24) is 0 Å². The van der Waals surface area contributed by atoms with Gasteiger partial charge >= 0.3 is 0 Å². The minimum atomic E-state index is -0.780. The van der Waals surface area contributed by atoms with Gasteiger partial charge in [0.2, 0.25) is 0 Å². The second kappa shape index (κ2) is 5.27. The summed E-state index contributed by atoms with van der Waals surface area (Å²) >= 11 is 0. The van der Waals surface area contributed by atoms with Crippen LogP contribution < -0.4 is 0 Å². The molecule has 0 radical (unpaired) electrons. The lowest BCUT2D eigenvalue weighted by molar-refractivity contribution is -0.385. The van der Waals surface area contributed by atoms with E-state index in [-0.39, 0.29) is 11.3 Å². The van der Waals surface area contributed by atoms with E-state index in [1.165, 1.54) is 30.3 Å². The second-order valence-electron chi connectivity index (χ2n) is 3.68. The first kappa shape index (κ1) is 12.7. The van der Waals surface area contributed by atoms with Gasteiger partial charge in [0.05, 0.1) is 16.6 Å². The van der Waals surface area contributed by atoms with E-state index in [2.05, 4.69) is 11.8 Å². The monoisotopic (exact) mass is 259 g/mol. The summed E-state index contributed by atoms with van der Waals surface area (Å²) in [5, 5.41) is 10.4. The molecule has 2 aromatic rings. The number of non-ortho nitro benzene ring substituents is 1. The van der Waals surface area contributed by atoms with Crippen molar-refractivity contribution in [2.75, 3.05) is 0 Å². The molecule has 0 spiro atoms. The van der Waals surface area contributed by atoms with Crippen molar-refractivity contribution < 1.29 is 13.7 Å². The number of hydrogen-bond donors (Lipinski definition) is 0. The van der Waals surface area contributed by atoms with Gasteiger partial charge in [0.1, 0.15) is 11.6 Å². The van der Waals surface area contributed by atoms with Crippen LogP contribution in [0.1, 0.15) is 11.1 Å². The molecule has 2 rings (SSSR count). The fourth-order valence-electron chi connectivity index (χ4n) is 1.42. The summed E-state index contributed by atoms with van der Waals surface area (Å²) in [7, 11) is 0. The van der Waals surface area contributed by atoms with Gasteiger partial charge in [-0.25, -0.2) is 8.78 Å². The van der Waals surface area contributed by atoms with E-state index in [0.717, 1.165) is 6.07 Å². The molecule has 2 aromatic carbocycles. The van der Waals surface area contributed by atoms with Gasteiger partial charge in [0.15, 0.2) is 0 Å². The molecule has 0 aliphatic rings. The molecule has 0 amide bonds. The molecule has 0 heterocycles. The van der Waals surface area contributed by atoms with Crippen molar-refractivity contribution >= 4 is 5.69 Å². The van der Waals surface area contributed by atoms with Gasteiger partial charge in [-0.05, 0) is 24.3 Å². The van der Waals surface area contributed by atoms with E-state index < -0.39 is 16.6 Å². The van der Waals surface area contributed by atoms with Crippen LogP contribution in [0.25, 0.3) is 0 Å². The highest BCUT2D eigenvalue weighted by atomic mass is 19.1. The number of nitro benzene ring substituents is 1. The van der Waals surface area contributed by atoms with Gasteiger partial charge in [-0.2, -0.15) is 0 Å². The molecule has 5 heteroatoms. The largest absolute Gasteiger partial charge is 0.272 e. The SMILES string of the molecule is O=[N+]([O-])c1ccc(C#Cc2cccc(F)c2)c(F)c1. The van der Waals surface area contributed by atoms with Gasteiger partial charge in [-0.15, -0.1) is 0 Å². The summed E-state index contributed by atoms with van der Waals surface area (Å²) in [6.45, 7) is 0. The Morgan fingerprint density at radius 2 is 1.84 bits per heavy atom. The molecular formula is C14H7F2NO2. The minimum absolute atomic E-state index is 0.0230. The van der Waals surface area contributed by atoms with E-state index in [1.54, 1.807) is 6.07 Å². The molecule has 0 atom stereocenters. The summed E-state index contributed by atoms with van der Waals surface area (Å²) in [6.07, 6.45) is 0. The Morgan fingerprint density at radius 1 is 1.05 bits per heavy atom. The first-order chi connectivity index (χ1) is 9.06. The Morgan fingerprint density at radius 3 is 2.47 bits per heavy atom. The van der Waals surface area contributed by atoms with E-state index in [9.17, 15) is 18.9 Å². The highest BCUT2D eigenvalue weighted by molar-refractivity contribution is 5.46. The van der Waals surface area contributed by atoms with Crippen LogP contribution in [0.3, 0.4) is 0 Å². The van der Waals surface area contributed by atoms with E-state index in [4.69, 9.17) is 0 Å². The van der Waals surface area contributed by atoms with E-state index >= 15 is 0 Å². The van der Waals surface area contributed by atoms with E-state index in [0.29, 0.717) is 5.56 Å². The van der Waals surface area contributed by atoms with Crippen LogP contribution in [0.5, 0.6) is 0 Å². The van der Waals surface area contributed by atoms with Gasteiger partial charge in [-0.1, -0.05) is 17.9 Å². The number of hydrogen-bond acceptors (Lipinski definition) is 2. The standard InChI is InChI=1S/C14H7F2NO2/c15-12-3-1-2-10(8-12)4-5-11-6-7-13(17(18)19)9-14(11)16/h1-3,6-9H. The minimum Gasteiger partial charge on any atom is -0.258 e. The van der Waals surface area contributed by atoms with Crippen molar-refractivity contribution in [2.45, 2.75) is 0 Å². The zero-order chi connectivity index (χ0) is 13.8. The average Bonchev–Trinajstić information content (AvgIpc) is 2.37. The maximum Gasteiger partial charge on any atom is 0.272 e. The summed E-state index contributed by atoms with van der Waals surface area (Å²) in [5.74, 6) is 3.89. The lowest BCUT2D eigenvalue weighted by atomic mass is 10.1. The third-order valence-corrected chi connectivity index (χ3v) is 2.33. The fourth-order valence-corrected chi connectivity index (χ4v) is 1.42. The lowest BCUT2D eigenvalue weighted by Gasteiger charge is -1.95. The Balaban J connectivity index is 2.32. The summed E-state index contributed by atoms with van der Waals surface area (Å²) < 4.78 is 26.4. The molecule has 0 aliphatic carbocycles. The average molecular weight is 259 g/mol. The first-order valence-electron chi connectivity index (χ1n) is 5.28. The topological polar surface area (TPSA) is 43.1 Å². The third-order valence-electron chi connectivity index (χ3n) is 2.33. The predicted octanol–water partition coefficient (Wildman–Crippen LogP) is 3.27. The summed E-state index contributed by atoms with van der Waals surface area (Å²) in [6, 6.07) is 8.76. The smallest absolute Gasteiger partial charge is 0.258 e. The molecule has 19 heavy (non-hydrogen) atoms. The molecule has 94 valence electrons. The Kier molecular flexibility index (Phi) is 3.53. The lowest BCUT2D eigenvalue weighted by Crippen LogP contribution is -1.91. The van der Waals surface area contributed by atoms with Gasteiger partial charge in [0.25, 0.3) is 5.69 Å². The molecule has 0 bridgehead atoms. The molecule has 0 unspecified atom stereocenters. The van der Waals surface area contributed by atoms with Crippen molar-refractivity contribution in [1.29, 1.82) is 0 Å². The van der Waals surface area contributed by atoms with Gasteiger partial charge in [0, 0.05) is 11.6 Å². The third kappa shape index (κ3) is 3.13. The first-order valence-corrected chi connectivity index (χ1v) is 5.28. The van der Waals surface area contributed by atoms with Crippen LogP contribution >= 0.6 is 0 Å². The van der Waals surface area contributed by atoms with Crippen molar-refractivity contribution in [3.05, 3.63) is 75.3 Å². The Labute approximate surface area is 107 Å². The normalized spacial score (nSPS) is 9.58. The molecular weight excluding hydrogens is 252 g/mol. The molecule has 3 nitrogen and oxygen atoms in total. The van der Waals surface area contributed by atoms with Crippen LogP contribution in [-0.4, -0.2) is 4.92 Å². The van der Waals surface area contributed by atoms with E-state index in [1.807, 2.05) is 0 Å². The van der Waals surface area contributed by atoms with Crippen LogP contribution in [-0.2, 0) is 0 Å². The molecule has 0 aliphatic heterocycles. The highest BCUT2D eigenvalue weighted by Gasteiger charge is 2.08. The Hall–Kier alpha value is -2.74. The number of benzene rings is 2. The van der Waals surface area contributed by atoms with Crippen LogP contribution in [0.4, 0.5) is 14.5 Å². The summed E-state index contributed by atoms with van der Waals surface area (Å²) in [5.41, 5.74) is 0.0846. The maximum atomic E-state index is 13.5. The number of nitrogens with zero attached hydrogens (tertiary/aromatic N) is 1. The van der Waals surface area contributed by atoms with Crippen molar-refractivity contribution in [2.24, 2.45) is 0 Å². The molecule has 0 aromatic heterocycles. The number of rotatable bonds is 1. The van der Waals surface area contributed by atoms with Crippen LogP contribution in [0.15, 0.2) is 42.5 Å². The maximum absolute atomic E-state index is 13.5. The molecule has 0 saturated heterocycles. The highest BCUT2D eigenvalue weighted by Crippen LogP contribution is 2.15. The van der Waals surface area contributed by atoms with Crippen LogP contribution in [0.2, 0.25) is 0 Å². The molecule has 0 N–H and O–H groups in total. The van der Waals surface area contributed by atoms with Gasteiger partial charge in [-0.3, -0.25) is 10.1 Å². The quantitative estimate of drug-likeness (QED) is 0.448. The molecule has 0 saturated carbocycles. The summed E-state index contributed by atoms with van der Waals surface area (Å²) in [4.78, 5) is 9.75. The zero-order valence-corrected chi connectivity index (χ0v) is 9.56. The predicted molar refractivity (Wildman–Crippen MR) is 65.4 cm³/mol. The molecule has 0 fully saturated rings. The zero-order valence-electron chi connectivity index (χ0n) is 9.56. The Bertz CT molecular complexity index is 702. The number of halogens is 2. The van der Waals surface area contributed by atoms with Crippen LogP contribution in [0, 0.1) is 33.6 Å².